The molecule has 1 N–H and O–H groups in total. The number of benzene rings is 3. The highest BCUT2D eigenvalue weighted by Crippen LogP contribution is 2.44. The van der Waals surface area contributed by atoms with E-state index in [2.05, 4.69) is 5.32 Å². The third kappa shape index (κ3) is 5.57. The zero-order valence-electron chi connectivity index (χ0n) is 20.3. The first-order chi connectivity index (χ1) is 16.8. The molecule has 0 fully saturated rings. The van der Waals surface area contributed by atoms with Crippen LogP contribution in [0.5, 0.6) is 11.5 Å². The van der Waals surface area contributed by atoms with Gasteiger partial charge in [0.25, 0.3) is 0 Å². The number of rotatable bonds is 8. The number of halogens is 1. The maximum absolute atomic E-state index is 13.3. The van der Waals surface area contributed by atoms with Gasteiger partial charge in [-0.05, 0) is 80.9 Å². The zero-order chi connectivity index (χ0) is 25.0. The van der Waals surface area contributed by atoms with Crippen LogP contribution in [0.1, 0.15) is 48.4 Å². The van der Waals surface area contributed by atoms with Crippen LogP contribution in [-0.2, 0) is 16.0 Å². The maximum atomic E-state index is 13.3. The quantitative estimate of drug-likeness (QED) is 0.405. The molecule has 3 aromatic rings. The molecule has 0 aromatic heterocycles. The minimum atomic E-state index is -0.847. The molecule has 2 atom stereocenters. The highest BCUT2D eigenvalue weighted by molar-refractivity contribution is 5.89. The van der Waals surface area contributed by atoms with Crippen molar-refractivity contribution in [3.8, 4) is 11.5 Å². The number of nitrogens with one attached hydrogen (secondary N) is 1. The molecule has 1 aliphatic heterocycles. The summed E-state index contributed by atoms with van der Waals surface area (Å²) in [5.74, 6) is 0.507. The summed E-state index contributed by atoms with van der Waals surface area (Å²) >= 11 is 0. The lowest BCUT2D eigenvalue weighted by Gasteiger charge is -2.43. The van der Waals surface area contributed by atoms with Crippen molar-refractivity contribution in [3.63, 3.8) is 0 Å². The molecule has 7 heteroatoms. The Bertz CT molecular complexity index is 1160. The molecular weight excluding hydrogens is 449 g/mol. The van der Waals surface area contributed by atoms with E-state index in [1.807, 2.05) is 63.2 Å². The normalized spacial score (nSPS) is 18.2. The second-order valence-corrected chi connectivity index (χ2v) is 8.87. The van der Waals surface area contributed by atoms with E-state index >= 15 is 0 Å². The molecule has 35 heavy (non-hydrogen) atoms. The lowest BCUT2D eigenvalue weighted by molar-refractivity contribution is -0.137. The van der Waals surface area contributed by atoms with Gasteiger partial charge in [0.2, 0.25) is 0 Å². The highest BCUT2D eigenvalue weighted by atomic mass is 19.1. The van der Waals surface area contributed by atoms with E-state index in [0.717, 1.165) is 22.6 Å². The second kappa shape index (κ2) is 10.4. The first kappa shape index (κ1) is 24.5. The molecular formula is C28H30FNO5. The van der Waals surface area contributed by atoms with E-state index in [0.29, 0.717) is 18.9 Å². The number of ether oxygens (including phenoxy) is 4. The summed E-state index contributed by atoms with van der Waals surface area (Å²) in [6.45, 7) is 6.67. The Morgan fingerprint density at radius 2 is 1.77 bits per heavy atom. The summed E-state index contributed by atoms with van der Waals surface area (Å²) in [5, 5.41) is 3.42. The second-order valence-electron chi connectivity index (χ2n) is 8.87. The van der Waals surface area contributed by atoms with Gasteiger partial charge in [-0.2, -0.15) is 0 Å². The number of fused-ring (bicyclic) bond motifs is 1. The Hall–Kier alpha value is -3.58. The molecule has 0 saturated carbocycles. The molecule has 184 valence electrons. The summed E-state index contributed by atoms with van der Waals surface area (Å²) in [7, 11) is 1.64. The lowest BCUT2D eigenvalue weighted by Crippen LogP contribution is -2.51. The summed E-state index contributed by atoms with van der Waals surface area (Å²) in [6.07, 6.45) is -1.25. The van der Waals surface area contributed by atoms with Crippen LogP contribution in [0, 0.1) is 5.82 Å². The van der Waals surface area contributed by atoms with Crippen LogP contribution in [0.4, 0.5) is 10.1 Å². The van der Waals surface area contributed by atoms with E-state index in [4.69, 9.17) is 18.9 Å². The van der Waals surface area contributed by atoms with Crippen LogP contribution in [0.2, 0.25) is 0 Å². The number of methoxy groups -OCH3 is 1. The van der Waals surface area contributed by atoms with Crippen molar-refractivity contribution in [3.05, 3.63) is 89.2 Å². The van der Waals surface area contributed by atoms with Gasteiger partial charge in [0.05, 0.1) is 12.7 Å². The third-order valence-electron chi connectivity index (χ3n) is 5.97. The first-order valence-corrected chi connectivity index (χ1v) is 11.6. The number of hydrogen-bond donors (Lipinski definition) is 1. The van der Waals surface area contributed by atoms with Gasteiger partial charge in [-0.25, -0.2) is 9.18 Å². The van der Waals surface area contributed by atoms with Crippen LogP contribution < -0.4 is 14.8 Å². The molecule has 1 heterocycles. The number of hydrogen-bond acceptors (Lipinski definition) is 6. The SMILES string of the molecule is CCOC1c2cc(NCc3ccc(OC)cc3)ccc2OC(C)(C)C1OC(=O)c1ccc(F)cc1. The van der Waals surface area contributed by atoms with Gasteiger partial charge < -0.3 is 24.3 Å². The van der Waals surface area contributed by atoms with Gasteiger partial charge in [0, 0.05) is 24.4 Å². The van der Waals surface area contributed by atoms with Crippen LogP contribution in [0.15, 0.2) is 66.7 Å². The molecule has 0 aliphatic carbocycles. The molecule has 0 bridgehead atoms. The topological polar surface area (TPSA) is 66.0 Å². The molecule has 2 unspecified atom stereocenters. The van der Waals surface area contributed by atoms with Crippen molar-refractivity contribution in [1.82, 2.24) is 0 Å². The Balaban J connectivity index is 1.57. The minimum absolute atomic E-state index is 0.262. The van der Waals surface area contributed by atoms with Crippen LogP contribution in [-0.4, -0.2) is 31.4 Å². The summed E-state index contributed by atoms with van der Waals surface area (Å²) < 4.78 is 36.8. The lowest BCUT2D eigenvalue weighted by atomic mass is 9.87. The van der Waals surface area contributed by atoms with Crippen molar-refractivity contribution in [1.29, 1.82) is 0 Å². The highest BCUT2D eigenvalue weighted by Gasteiger charge is 2.47. The maximum Gasteiger partial charge on any atom is 0.338 e. The Morgan fingerprint density at radius 3 is 2.43 bits per heavy atom. The summed E-state index contributed by atoms with van der Waals surface area (Å²) in [4.78, 5) is 12.9. The Morgan fingerprint density at radius 1 is 1.06 bits per heavy atom. The number of anilines is 1. The zero-order valence-corrected chi connectivity index (χ0v) is 20.3. The first-order valence-electron chi connectivity index (χ1n) is 11.6. The predicted octanol–water partition coefficient (Wildman–Crippen LogP) is 5.92. The molecule has 0 spiro atoms. The van der Waals surface area contributed by atoms with Gasteiger partial charge in [0.1, 0.15) is 29.0 Å². The van der Waals surface area contributed by atoms with Crippen molar-refractivity contribution in [2.75, 3.05) is 19.0 Å². The molecule has 0 radical (unpaired) electrons. The Kier molecular flexibility index (Phi) is 7.26. The van der Waals surface area contributed by atoms with E-state index in [9.17, 15) is 9.18 Å². The van der Waals surface area contributed by atoms with Crippen LogP contribution >= 0.6 is 0 Å². The van der Waals surface area contributed by atoms with Gasteiger partial charge in [-0.3, -0.25) is 0 Å². The molecule has 0 amide bonds. The fraction of sp³-hybridized carbons (Fsp3) is 0.321. The van der Waals surface area contributed by atoms with E-state index < -0.39 is 29.6 Å². The molecule has 6 nitrogen and oxygen atoms in total. The standard InChI is InChI=1S/C28H30FNO5/c1-5-33-25-23-16-21(30-17-18-6-13-22(32-4)14-7-18)12-15-24(23)35-28(2,3)26(25)34-27(31)19-8-10-20(29)11-9-19/h6-16,25-26,30H,5,17H2,1-4H3. The van der Waals surface area contributed by atoms with Crippen LogP contribution in [0.25, 0.3) is 0 Å². The monoisotopic (exact) mass is 479 g/mol. The number of carbonyl (C=O) groups excluding carboxylic acids is 1. The van der Waals surface area contributed by atoms with Gasteiger partial charge in [-0.1, -0.05) is 12.1 Å². The fourth-order valence-electron chi connectivity index (χ4n) is 4.12. The third-order valence-corrected chi connectivity index (χ3v) is 5.97. The Labute approximate surface area is 205 Å². The van der Waals surface area contributed by atoms with Crippen molar-refractivity contribution in [2.24, 2.45) is 0 Å². The van der Waals surface area contributed by atoms with Crippen molar-refractivity contribution >= 4 is 11.7 Å². The number of esters is 1. The number of carbonyl (C=O) groups is 1. The van der Waals surface area contributed by atoms with E-state index in [1.165, 1.54) is 24.3 Å². The average molecular weight is 480 g/mol. The van der Waals surface area contributed by atoms with E-state index in [1.54, 1.807) is 7.11 Å². The minimum Gasteiger partial charge on any atom is -0.497 e. The van der Waals surface area contributed by atoms with E-state index in [-0.39, 0.29) is 5.56 Å². The van der Waals surface area contributed by atoms with Gasteiger partial charge in [0.15, 0.2) is 6.10 Å². The largest absolute Gasteiger partial charge is 0.497 e. The van der Waals surface area contributed by atoms with Crippen molar-refractivity contribution < 1.29 is 28.1 Å². The summed E-state index contributed by atoms with van der Waals surface area (Å²) in [6, 6.07) is 18.9. The molecule has 0 saturated heterocycles. The van der Waals surface area contributed by atoms with Gasteiger partial charge in [-0.15, -0.1) is 0 Å². The average Bonchev–Trinajstić information content (AvgIpc) is 2.85. The fourth-order valence-corrected chi connectivity index (χ4v) is 4.12. The van der Waals surface area contributed by atoms with Crippen molar-refractivity contribution in [2.45, 2.75) is 45.1 Å². The molecule has 1 aliphatic rings. The predicted molar refractivity (Wildman–Crippen MR) is 131 cm³/mol. The summed E-state index contributed by atoms with van der Waals surface area (Å²) in [5.41, 5.74) is 2.20. The van der Waals surface area contributed by atoms with Gasteiger partial charge >= 0.3 is 5.97 Å². The molecule has 4 rings (SSSR count). The molecule has 3 aromatic carbocycles. The smallest absolute Gasteiger partial charge is 0.338 e. The van der Waals surface area contributed by atoms with Crippen LogP contribution in [0.3, 0.4) is 0 Å².